The molecule has 7 rings (SSSR count). The van der Waals surface area contributed by atoms with Crippen molar-refractivity contribution in [3.63, 3.8) is 0 Å². The van der Waals surface area contributed by atoms with Crippen molar-refractivity contribution in [2.75, 3.05) is 10.8 Å². The van der Waals surface area contributed by atoms with Gasteiger partial charge in [0, 0.05) is 34.8 Å². The van der Waals surface area contributed by atoms with Gasteiger partial charge in [0.1, 0.15) is 12.4 Å². The summed E-state index contributed by atoms with van der Waals surface area (Å²) in [5.74, 6) is 1.41. The summed E-state index contributed by atoms with van der Waals surface area (Å²) in [5.41, 5.74) is 8.56. The summed E-state index contributed by atoms with van der Waals surface area (Å²) in [4.78, 5) is 17.0. The van der Waals surface area contributed by atoms with Gasteiger partial charge < -0.3 is 4.57 Å². The lowest BCUT2D eigenvalue weighted by Crippen LogP contribution is -2.22. The Bertz CT molecular complexity index is 1950. The predicted octanol–water partition coefficient (Wildman–Crippen LogP) is 9.41. The molecule has 1 unspecified atom stereocenters. The van der Waals surface area contributed by atoms with Crippen LogP contribution in [0.5, 0.6) is 0 Å². The number of hydrogen-bond donors (Lipinski definition) is 1. The average molecular weight is 704 g/mol. The zero-order chi connectivity index (χ0) is 32.5. The molecular formula is C37H33Cl3N4O2S. The van der Waals surface area contributed by atoms with Gasteiger partial charge in [-0.1, -0.05) is 97.1 Å². The highest BCUT2D eigenvalue weighted by Gasteiger charge is 2.27. The second kappa shape index (κ2) is 13.9. The Morgan fingerprint density at radius 1 is 0.872 bits per heavy atom. The number of hydrogen-bond acceptors (Lipinski definition) is 3. The summed E-state index contributed by atoms with van der Waals surface area (Å²) < 4.78 is 18.5. The van der Waals surface area contributed by atoms with Crippen molar-refractivity contribution in [3.8, 4) is 28.1 Å². The maximum absolute atomic E-state index is 12.5. The third-order valence-corrected chi connectivity index (χ3v) is 11.0. The van der Waals surface area contributed by atoms with E-state index in [0.29, 0.717) is 33.8 Å². The van der Waals surface area contributed by atoms with Crippen molar-refractivity contribution >= 4 is 57.6 Å². The van der Waals surface area contributed by atoms with Gasteiger partial charge in [-0.25, -0.2) is 9.19 Å². The lowest BCUT2D eigenvalue weighted by Gasteiger charge is -2.22. The first-order valence-electron chi connectivity index (χ1n) is 15.8. The maximum Gasteiger partial charge on any atom is 0.253 e. The molecule has 0 bridgehead atoms. The summed E-state index contributed by atoms with van der Waals surface area (Å²) >= 11 is 17.7. The highest BCUT2D eigenvalue weighted by atomic mass is 35.5. The Morgan fingerprint density at radius 2 is 1.57 bits per heavy atom. The SMILES string of the molecule is O=C1CN(c2cccc(-n3cc(-c4c(Cl)cc(Cl)cc4CCl)nc3Cc3ccc(-c4ccc(C5CCCCC5)cc4)cc3)c2)S(=O)N1. The molecule has 1 atom stereocenters. The third-order valence-electron chi connectivity index (χ3n) is 9.04. The highest BCUT2D eigenvalue weighted by molar-refractivity contribution is 7.85. The number of alkyl halides is 1. The first-order chi connectivity index (χ1) is 22.9. The topological polar surface area (TPSA) is 67.2 Å². The van der Waals surface area contributed by atoms with E-state index in [1.54, 1.807) is 6.07 Å². The number of amides is 1. The molecule has 1 amide bonds. The first-order valence-corrected chi connectivity index (χ1v) is 18.2. The molecule has 2 aliphatic rings. The van der Waals surface area contributed by atoms with Crippen molar-refractivity contribution in [2.24, 2.45) is 0 Å². The Balaban J connectivity index is 1.21. The van der Waals surface area contributed by atoms with Gasteiger partial charge in [-0.3, -0.25) is 13.8 Å². The Labute approximate surface area is 292 Å². The van der Waals surface area contributed by atoms with Gasteiger partial charge in [0.05, 0.1) is 16.4 Å². The molecule has 1 N–H and O–H groups in total. The molecule has 2 heterocycles. The molecule has 6 nitrogen and oxygen atoms in total. The monoisotopic (exact) mass is 702 g/mol. The number of benzene rings is 4. The van der Waals surface area contributed by atoms with Crippen LogP contribution in [0.25, 0.3) is 28.1 Å². The maximum atomic E-state index is 12.5. The van der Waals surface area contributed by atoms with E-state index >= 15 is 0 Å². The minimum atomic E-state index is -1.63. The number of anilines is 1. The van der Waals surface area contributed by atoms with E-state index in [0.717, 1.165) is 28.2 Å². The van der Waals surface area contributed by atoms with Gasteiger partial charge in [-0.05, 0) is 76.9 Å². The van der Waals surface area contributed by atoms with E-state index < -0.39 is 11.2 Å². The zero-order valence-electron chi connectivity index (χ0n) is 25.6. The molecule has 5 aromatic rings. The molecule has 47 heavy (non-hydrogen) atoms. The fraction of sp³-hybridized carbons (Fsp3) is 0.243. The summed E-state index contributed by atoms with van der Waals surface area (Å²) in [7, 11) is 0. The average Bonchev–Trinajstić information content (AvgIpc) is 3.66. The van der Waals surface area contributed by atoms with Gasteiger partial charge in [-0.15, -0.1) is 11.6 Å². The van der Waals surface area contributed by atoms with E-state index in [-0.39, 0.29) is 18.3 Å². The number of carbonyl (C=O) groups is 1. The van der Waals surface area contributed by atoms with Crippen LogP contribution in [0.15, 0.2) is 91.1 Å². The lowest BCUT2D eigenvalue weighted by molar-refractivity contribution is -0.117. The van der Waals surface area contributed by atoms with Crippen LogP contribution in [0.4, 0.5) is 5.69 Å². The summed E-state index contributed by atoms with van der Waals surface area (Å²) in [6, 6.07) is 28.8. The summed E-state index contributed by atoms with van der Waals surface area (Å²) in [5, 5.41) is 0.973. The molecule has 2 fully saturated rings. The van der Waals surface area contributed by atoms with Gasteiger partial charge in [-0.2, -0.15) is 0 Å². The number of aromatic nitrogens is 2. The van der Waals surface area contributed by atoms with Crippen molar-refractivity contribution < 1.29 is 9.00 Å². The highest BCUT2D eigenvalue weighted by Crippen LogP contribution is 2.37. The Kier molecular flexibility index (Phi) is 9.42. The molecule has 10 heteroatoms. The van der Waals surface area contributed by atoms with Crippen LogP contribution < -0.4 is 9.03 Å². The van der Waals surface area contributed by atoms with Crippen LogP contribution in [0, 0.1) is 0 Å². The molecule has 1 aromatic heterocycles. The van der Waals surface area contributed by atoms with Crippen LogP contribution in [0.1, 0.15) is 60.5 Å². The van der Waals surface area contributed by atoms with Gasteiger partial charge in [0.25, 0.3) is 5.91 Å². The van der Waals surface area contributed by atoms with Crippen molar-refractivity contribution in [2.45, 2.75) is 50.3 Å². The molecule has 1 saturated heterocycles. The third kappa shape index (κ3) is 6.86. The lowest BCUT2D eigenvalue weighted by atomic mass is 9.83. The number of imidazole rings is 1. The van der Waals surface area contributed by atoms with Crippen LogP contribution >= 0.6 is 34.8 Å². The molecule has 0 radical (unpaired) electrons. The van der Waals surface area contributed by atoms with Crippen LogP contribution in [0.3, 0.4) is 0 Å². The molecule has 1 saturated carbocycles. The van der Waals surface area contributed by atoms with Gasteiger partial charge in [0.2, 0.25) is 11.2 Å². The predicted molar refractivity (Wildman–Crippen MR) is 193 cm³/mol. The largest absolute Gasteiger partial charge is 0.303 e. The first kappa shape index (κ1) is 32.0. The zero-order valence-corrected chi connectivity index (χ0v) is 28.7. The molecule has 1 aliphatic carbocycles. The van der Waals surface area contributed by atoms with E-state index in [1.165, 1.54) is 53.1 Å². The number of halogens is 3. The second-order valence-electron chi connectivity index (χ2n) is 12.1. The summed E-state index contributed by atoms with van der Waals surface area (Å²) in [6.45, 7) is 0.0211. The molecule has 240 valence electrons. The van der Waals surface area contributed by atoms with Crippen LogP contribution in [-0.4, -0.2) is 26.2 Å². The summed E-state index contributed by atoms with van der Waals surface area (Å²) in [6.07, 6.45) is 9.09. The second-order valence-corrected chi connectivity index (χ2v) is 14.4. The Hall–Kier alpha value is -3.62. The van der Waals surface area contributed by atoms with E-state index in [9.17, 15) is 9.00 Å². The minimum absolute atomic E-state index is 0.0211. The fourth-order valence-electron chi connectivity index (χ4n) is 6.65. The normalized spacial score (nSPS) is 16.9. The van der Waals surface area contributed by atoms with Crippen LogP contribution in [-0.2, 0) is 28.3 Å². The van der Waals surface area contributed by atoms with Crippen molar-refractivity contribution in [3.05, 3.63) is 124 Å². The van der Waals surface area contributed by atoms with E-state index in [1.807, 2.05) is 41.1 Å². The number of carbonyl (C=O) groups excluding carboxylic acids is 1. The van der Waals surface area contributed by atoms with Gasteiger partial charge in [0.15, 0.2) is 0 Å². The van der Waals surface area contributed by atoms with E-state index in [4.69, 9.17) is 39.8 Å². The number of nitrogens with one attached hydrogen (secondary N) is 1. The quantitative estimate of drug-likeness (QED) is 0.164. The molecule has 4 aromatic carbocycles. The molecule has 1 aliphatic heterocycles. The fourth-order valence-corrected chi connectivity index (χ4v) is 8.40. The van der Waals surface area contributed by atoms with Gasteiger partial charge >= 0.3 is 0 Å². The molecular weight excluding hydrogens is 671 g/mol. The van der Waals surface area contributed by atoms with Crippen LogP contribution in [0.2, 0.25) is 10.0 Å². The van der Waals surface area contributed by atoms with Crippen molar-refractivity contribution in [1.82, 2.24) is 14.3 Å². The standard InChI is InChI=1S/C37H33Cl3N4O2S/c38-21-29-18-30(39)19-33(40)37(29)34-22-43(31-7-4-8-32(20-31)44-23-36(45)42-47(44)46)35(41-34)17-24-9-11-26(12-10-24)28-15-13-27(14-16-28)25-5-2-1-3-6-25/h4,7-16,18-20,22,25H,1-3,5-6,17,21,23H2,(H,42,45). The minimum Gasteiger partial charge on any atom is -0.303 e. The van der Waals surface area contributed by atoms with Crippen molar-refractivity contribution in [1.29, 1.82) is 0 Å². The molecule has 0 spiro atoms. The number of rotatable bonds is 8. The Morgan fingerprint density at radius 3 is 2.26 bits per heavy atom. The van der Waals surface area contributed by atoms with E-state index in [2.05, 4.69) is 53.3 Å². The number of nitrogens with zero attached hydrogens (tertiary/aromatic N) is 3. The smallest absolute Gasteiger partial charge is 0.253 e.